The van der Waals surface area contributed by atoms with Gasteiger partial charge in [0.1, 0.15) is 0 Å². The van der Waals surface area contributed by atoms with Gasteiger partial charge in [0, 0.05) is 19.2 Å². The fourth-order valence-corrected chi connectivity index (χ4v) is 1.36. The van der Waals surface area contributed by atoms with Gasteiger partial charge in [0.05, 0.1) is 12.6 Å². The zero-order valence-electron chi connectivity index (χ0n) is 10.4. The molecule has 1 fully saturated rings. The van der Waals surface area contributed by atoms with Crippen LogP contribution in [0.5, 0.6) is 0 Å². The van der Waals surface area contributed by atoms with Crippen LogP contribution in [0.25, 0.3) is 0 Å². The van der Waals surface area contributed by atoms with E-state index in [4.69, 9.17) is 4.74 Å². The number of amides is 1. The molecule has 4 heteroatoms. The number of rotatable bonds is 9. The molecule has 2 N–H and O–H groups in total. The van der Waals surface area contributed by atoms with Gasteiger partial charge in [-0.2, -0.15) is 0 Å². The predicted octanol–water partition coefficient (Wildman–Crippen LogP) is 1.06. The number of hydrogen-bond acceptors (Lipinski definition) is 3. The van der Waals surface area contributed by atoms with Crippen LogP contribution < -0.4 is 10.6 Å². The van der Waals surface area contributed by atoms with Gasteiger partial charge in [0.25, 0.3) is 0 Å². The predicted molar refractivity (Wildman–Crippen MR) is 64.4 cm³/mol. The molecule has 1 rings (SSSR count). The maximum absolute atomic E-state index is 11.3. The quantitative estimate of drug-likeness (QED) is 0.580. The average molecular weight is 228 g/mol. The van der Waals surface area contributed by atoms with Crippen LogP contribution in [0, 0.1) is 0 Å². The molecule has 1 aliphatic carbocycles. The van der Waals surface area contributed by atoms with Gasteiger partial charge in [-0.3, -0.25) is 4.79 Å². The maximum atomic E-state index is 11.3. The molecule has 0 unspecified atom stereocenters. The molecule has 0 bridgehead atoms. The van der Waals surface area contributed by atoms with Crippen molar-refractivity contribution in [2.45, 2.75) is 51.7 Å². The smallest absolute Gasteiger partial charge is 0.233 e. The number of carbonyl (C=O) groups is 1. The Morgan fingerprint density at radius 2 is 2.12 bits per heavy atom. The van der Waals surface area contributed by atoms with E-state index in [9.17, 15) is 4.79 Å². The Kier molecular flexibility index (Phi) is 6.42. The molecule has 1 amide bonds. The normalized spacial score (nSPS) is 15.4. The average Bonchev–Trinajstić information content (AvgIpc) is 3.03. The summed E-state index contributed by atoms with van der Waals surface area (Å²) in [5, 5.41) is 6.08. The summed E-state index contributed by atoms with van der Waals surface area (Å²) >= 11 is 0. The largest absolute Gasteiger partial charge is 0.379 e. The first-order valence-electron chi connectivity index (χ1n) is 6.30. The molecule has 0 aromatic rings. The summed E-state index contributed by atoms with van der Waals surface area (Å²) in [4.78, 5) is 11.3. The first kappa shape index (κ1) is 13.5. The van der Waals surface area contributed by atoms with Crippen molar-refractivity contribution in [3.05, 3.63) is 0 Å². The summed E-state index contributed by atoms with van der Waals surface area (Å²) < 4.78 is 5.41. The highest BCUT2D eigenvalue weighted by Crippen LogP contribution is 2.17. The van der Waals surface area contributed by atoms with Gasteiger partial charge in [0.2, 0.25) is 5.91 Å². The summed E-state index contributed by atoms with van der Waals surface area (Å²) in [5.74, 6) is 0.108. The minimum atomic E-state index is 0.108. The van der Waals surface area contributed by atoms with E-state index in [0.717, 1.165) is 26.0 Å². The topological polar surface area (TPSA) is 50.4 Å². The molecule has 0 atom stereocenters. The molecule has 0 radical (unpaired) electrons. The Balaban J connectivity index is 1.80. The molecule has 0 spiro atoms. The third-order valence-corrected chi connectivity index (χ3v) is 2.47. The van der Waals surface area contributed by atoms with Crippen molar-refractivity contribution in [1.29, 1.82) is 0 Å². The lowest BCUT2D eigenvalue weighted by molar-refractivity contribution is -0.120. The Morgan fingerprint density at radius 1 is 1.38 bits per heavy atom. The second-order valence-electron chi connectivity index (χ2n) is 4.63. The van der Waals surface area contributed by atoms with Crippen LogP contribution in [-0.4, -0.2) is 37.7 Å². The molecule has 1 aliphatic rings. The molecule has 0 aliphatic heterocycles. The highest BCUT2D eigenvalue weighted by Gasteiger charge is 2.20. The van der Waals surface area contributed by atoms with E-state index < -0.39 is 0 Å². The second-order valence-corrected chi connectivity index (χ2v) is 4.63. The van der Waals surface area contributed by atoms with Gasteiger partial charge < -0.3 is 15.4 Å². The van der Waals surface area contributed by atoms with Crippen molar-refractivity contribution in [2.24, 2.45) is 0 Å². The monoisotopic (exact) mass is 228 g/mol. The maximum Gasteiger partial charge on any atom is 0.233 e. The Labute approximate surface area is 98.1 Å². The number of unbranched alkanes of at least 4 members (excludes halogenated alkanes) is 1. The van der Waals surface area contributed by atoms with Crippen LogP contribution in [0.2, 0.25) is 0 Å². The summed E-state index contributed by atoms with van der Waals surface area (Å²) in [7, 11) is 0. The van der Waals surface area contributed by atoms with Gasteiger partial charge in [-0.25, -0.2) is 0 Å². The van der Waals surface area contributed by atoms with E-state index in [1.165, 1.54) is 12.8 Å². The van der Waals surface area contributed by atoms with Crippen molar-refractivity contribution in [3.8, 4) is 0 Å². The fourth-order valence-electron chi connectivity index (χ4n) is 1.36. The number of hydrogen-bond donors (Lipinski definition) is 2. The molecule has 0 saturated heterocycles. The SMILES string of the molecule is CC(C)OCCCCNC(=O)CNC1CC1. The third-order valence-electron chi connectivity index (χ3n) is 2.47. The molecular formula is C12H24N2O2. The highest BCUT2D eigenvalue weighted by molar-refractivity contribution is 5.77. The van der Waals surface area contributed by atoms with Crippen LogP contribution in [-0.2, 0) is 9.53 Å². The molecule has 94 valence electrons. The lowest BCUT2D eigenvalue weighted by Gasteiger charge is -2.08. The van der Waals surface area contributed by atoms with Crippen LogP contribution in [0.4, 0.5) is 0 Å². The van der Waals surface area contributed by atoms with E-state index in [-0.39, 0.29) is 5.91 Å². The number of nitrogens with one attached hydrogen (secondary N) is 2. The summed E-state index contributed by atoms with van der Waals surface area (Å²) in [6.45, 7) is 6.07. The molecule has 0 aromatic carbocycles. The standard InChI is InChI=1S/C12H24N2O2/c1-10(2)16-8-4-3-7-13-12(15)9-14-11-5-6-11/h10-11,14H,3-9H2,1-2H3,(H,13,15). The van der Waals surface area contributed by atoms with Gasteiger partial charge in [-0.1, -0.05) is 0 Å². The minimum Gasteiger partial charge on any atom is -0.379 e. The molecule has 1 saturated carbocycles. The van der Waals surface area contributed by atoms with Gasteiger partial charge in [0.15, 0.2) is 0 Å². The van der Waals surface area contributed by atoms with Crippen molar-refractivity contribution in [1.82, 2.24) is 10.6 Å². The highest BCUT2D eigenvalue weighted by atomic mass is 16.5. The summed E-state index contributed by atoms with van der Waals surface area (Å²) in [5.41, 5.74) is 0. The van der Waals surface area contributed by atoms with E-state index in [1.54, 1.807) is 0 Å². The van der Waals surface area contributed by atoms with E-state index in [1.807, 2.05) is 13.8 Å². The van der Waals surface area contributed by atoms with Crippen molar-refractivity contribution < 1.29 is 9.53 Å². The van der Waals surface area contributed by atoms with Crippen molar-refractivity contribution in [2.75, 3.05) is 19.7 Å². The van der Waals surface area contributed by atoms with Crippen molar-refractivity contribution in [3.63, 3.8) is 0 Å². The van der Waals surface area contributed by atoms with Crippen LogP contribution in [0.15, 0.2) is 0 Å². The van der Waals surface area contributed by atoms with Crippen molar-refractivity contribution >= 4 is 5.91 Å². The minimum absolute atomic E-state index is 0.108. The van der Waals surface area contributed by atoms with Crippen LogP contribution in [0.3, 0.4) is 0 Å². The number of ether oxygens (including phenoxy) is 1. The van der Waals surface area contributed by atoms with Gasteiger partial charge in [-0.15, -0.1) is 0 Å². The van der Waals surface area contributed by atoms with Gasteiger partial charge >= 0.3 is 0 Å². The zero-order valence-corrected chi connectivity index (χ0v) is 10.4. The summed E-state index contributed by atoms with van der Waals surface area (Å²) in [6, 6.07) is 0.602. The van der Waals surface area contributed by atoms with E-state index in [0.29, 0.717) is 18.7 Å². The Morgan fingerprint density at radius 3 is 2.75 bits per heavy atom. The molecule has 0 heterocycles. The van der Waals surface area contributed by atoms with E-state index in [2.05, 4.69) is 10.6 Å². The van der Waals surface area contributed by atoms with Crippen LogP contribution in [0.1, 0.15) is 39.5 Å². The first-order chi connectivity index (χ1) is 7.68. The molecule has 16 heavy (non-hydrogen) atoms. The van der Waals surface area contributed by atoms with Crippen LogP contribution >= 0.6 is 0 Å². The number of carbonyl (C=O) groups excluding carboxylic acids is 1. The lowest BCUT2D eigenvalue weighted by Crippen LogP contribution is -2.35. The van der Waals surface area contributed by atoms with Gasteiger partial charge in [-0.05, 0) is 39.5 Å². The summed E-state index contributed by atoms with van der Waals surface area (Å²) in [6.07, 6.45) is 4.74. The third kappa shape index (κ3) is 7.65. The molecular weight excluding hydrogens is 204 g/mol. The van der Waals surface area contributed by atoms with E-state index >= 15 is 0 Å². The second kappa shape index (κ2) is 7.63. The Hall–Kier alpha value is -0.610. The molecule has 0 aromatic heterocycles. The fraction of sp³-hybridized carbons (Fsp3) is 0.917. The molecule has 4 nitrogen and oxygen atoms in total. The lowest BCUT2D eigenvalue weighted by atomic mass is 10.3. The first-order valence-corrected chi connectivity index (χ1v) is 6.30. The Bertz CT molecular complexity index is 203. The zero-order chi connectivity index (χ0) is 11.8.